The van der Waals surface area contributed by atoms with E-state index in [0.717, 1.165) is 12.1 Å². The van der Waals surface area contributed by atoms with Gasteiger partial charge in [0.25, 0.3) is 0 Å². The zero-order chi connectivity index (χ0) is 40.1. The first-order chi connectivity index (χ1) is 26.1. The summed E-state index contributed by atoms with van der Waals surface area (Å²) in [4.78, 5) is 13.1. The molecule has 3 saturated heterocycles. The minimum Gasteiger partial charge on any atom is -0.504 e. The zero-order valence-corrected chi connectivity index (χ0v) is 29.2. The van der Waals surface area contributed by atoms with Crippen LogP contribution in [-0.2, 0) is 44.4 Å². The standard InChI is InChI=1S/C35H46O20/c1-14-24(43)31(54-34-27(46)26(45)25(44)21(12-36)51-34)28(47)35(50-14)55-32-29(48)33(49-9-8-16-3-6-18(39)20(41)11-16)52-22(13-37)30(32)53-23(42)7-4-15-2-5-17(38)19(40)10-15/h2-7,10-11,14,21-22,24-41,43-48H,8-9,12-13H2,1H3/t14-,21+,22+,24-,25+,26-,27+,28+,29+,30+,31+,32+,33+,34-,35-/m0/s1. The number of hydrogen-bond acceptors (Lipinski definition) is 20. The Hall–Kier alpha value is -3.71. The Balaban J connectivity index is 1.37. The van der Waals surface area contributed by atoms with Crippen LogP contribution >= 0.6 is 0 Å². The second-order valence-electron chi connectivity index (χ2n) is 13.2. The number of benzene rings is 2. The Kier molecular flexibility index (Phi) is 14.3. The van der Waals surface area contributed by atoms with Gasteiger partial charge < -0.3 is 94.4 Å². The molecule has 3 aliphatic heterocycles. The van der Waals surface area contributed by atoms with Gasteiger partial charge in [0.15, 0.2) is 48.0 Å². The molecular weight excluding hydrogens is 740 g/mol. The first-order valence-corrected chi connectivity index (χ1v) is 17.2. The number of phenolic OH excluding ortho intramolecular Hbond substituents is 4. The molecule has 0 aliphatic carbocycles. The Morgan fingerprint density at radius 3 is 1.91 bits per heavy atom. The number of phenols is 4. The van der Waals surface area contributed by atoms with Crippen LogP contribution in [0.15, 0.2) is 42.5 Å². The van der Waals surface area contributed by atoms with Crippen LogP contribution in [0.5, 0.6) is 23.0 Å². The van der Waals surface area contributed by atoms with E-state index in [2.05, 4.69) is 0 Å². The molecule has 15 atom stereocenters. The minimum absolute atomic E-state index is 0.141. The van der Waals surface area contributed by atoms with Crippen LogP contribution in [0, 0.1) is 0 Å². The van der Waals surface area contributed by atoms with Gasteiger partial charge in [0.05, 0.1) is 25.9 Å². The molecule has 2 aromatic rings. The van der Waals surface area contributed by atoms with Crippen LogP contribution in [0.3, 0.4) is 0 Å². The molecule has 3 aliphatic rings. The smallest absolute Gasteiger partial charge is 0.331 e. The Morgan fingerprint density at radius 1 is 0.655 bits per heavy atom. The summed E-state index contributed by atoms with van der Waals surface area (Å²) in [5.41, 5.74) is 0.815. The van der Waals surface area contributed by atoms with Crippen molar-refractivity contribution in [2.75, 3.05) is 19.8 Å². The zero-order valence-electron chi connectivity index (χ0n) is 29.2. The number of esters is 1. The van der Waals surface area contributed by atoms with Gasteiger partial charge in [-0.25, -0.2) is 4.79 Å². The number of carbonyl (C=O) groups is 1. The normalized spacial score (nSPS) is 36.9. The van der Waals surface area contributed by atoms with Crippen LogP contribution < -0.4 is 0 Å². The highest BCUT2D eigenvalue weighted by Crippen LogP contribution is 2.34. The molecule has 20 nitrogen and oxygen atoms in total. The quantitative estimate of drug-likeness (QED) is 0.0541. The second kappa shape index (κ2) is 18.5. The number of aliphatic hydroxyl groups is 8. The predicted octanol–water partition coefficient (Wildman–Crippen LogP) is -3.19. The molecule has 0 amide bonds. The molecule has 3 heterocycles. The lowest BCUT2D eigenvalue weighted by Gasteiger charge is -2.48. The molecule has 5 rings (SSSR count). The monoisotopic (exact) mass is 786 g/mol. The molecule has 12 N–H and O–H groups in total. The molecule has 0 aromatic heterocycles. The van der Waals surface area contributed by atoms with Crippen molar-refractivity contribution in [1.29, 1.82) is 0 Å². The van der Waals surface area contributed by atoms with E-state index >= 15 is 0 Å². The third kappa shape index (κ3) is 9.82. The van der Waals surface area contributed by atoms with Gasteiger partial charge in [-0.1, -0.05) is 12.1 Å². The first-order valence-electron chi connectivity index (χ1n) is 17.2. The topological polar surface area (TPSA) is 324 Å². The van der Waals surface area contributed by atoms with Crippen molar-refractivity contribution in [3.8, 4) is 23.0 Å². The summed E-state index contributed by atoms with van der Waals surface area (Å²) in [6.45, 7) is -0.390. The summed E-state index contributed by atoms with van der Waals surface area (Å²) in [7, 11) is 0. The van der Waals surface area contributed by atoms with Gasteiger partial charge >= 0.3 is 5.97 Å². The van der Waals surface area contributed by atoms with E-state index in [-0.39, 0.29) is 30.1 Å². The first kappa shape index (κ1) is 42.4. The van der Waals surface area contributed by atoms with Crippen molar-refractivity contribution in [2.24, 2.45) is 0 Å². The molecule has 2 aromatic carbocycles. The van der Waals surface area contributed by atoms with Crippen molar-refractivity contribution in [3.63, 3.8) is 0 Å². The van der Waals surface area contributed by atoms with E-state index in [4.69, 9.17) is 33.2 Å². The van der Waals surface area contributed by atoms with Crippen LogP contribution in [-0.4, -0.2) is 179 Å². The van der Waals surface area contributed by atoms with E-state index < -0.39 is 123 Å². The molecule has 306 valence electrons. The fourth-order valence-corrected chi connectivity index (χ4v) is 6.24. The number of rotatable bonds is 13. The van der Waals surface area contributed by atoms with E-state index in [1.165, 1.54) is 43.3 Å². The van der Waals surface area contributed by atoms with Crippen molar-refractivity contribution in [1.82, 2.24) is 0 Å². The molecule has 0 bridgehead atoms. The van der Waals surface area contributed by atoms with E-state index in [1.54, 1.807) is 0 Å². The third-order valence-electron chi connectivity index (χ3n) is 9.38. The predicted molar refractivity (Wildman–Crippen MR) is 180 cm³/mol. The average molecular weight is 787 g/mol. The molecule has 3 fully saturated rings. The molecule has 0 unspecified atom stereocenters. The fourth-order valence-electron chi connectivity index (χ4n) is 6.24. The molecule has 0 saturated carbocycles. The maximum atomic E-state index is 13.1. The summed E-state index contributed by atoms with van der Waals surface area (Å²) in [5.74, 6) is -2.62. The van der Waals surface area contributed by atoms with Crippen molar-refractivity contribution >= 4 is 12.0 Å². The average Bonchev–Trinajstić information content (AvgIpc) is 3.16. The van der Waals surface area contributed by atoms with Crippen molar-refractivity contribution < 1.29 is 99.2 Å². The maximum Gasteiger partial charge on any atom is 0.331 e. The van der Waals surface area contributed by atoms with E-state index in [0.29, 0.717) is 5.56 Å². The minimum atomic E-state index is -1.96. The largest absolute Gasteiger partial charge is 0.504 e. The second-order valence-corrected chi connectivity index (χ2v) is 13.2. The van der Waals surface area contributed by atoms with Gasteiger partial charge in [-0.05, 0) is 54.8 Å². The summed E-state index contributed by atoms with van der Waals surface area (Å²) in [6.07, 6.45) is -22.8. The van der Waals surface area contributed by atoms with Crippen molar-refractivity contribution in [3.05, 3.63) is 53.6 Å². The van der Waals surface area contributed by atoms with E-state index in [9.17, 15) is 66.1 Å². The Morgan fingerprint density at radius 2 is 1.25 bits per heavy atom. The lowest BCUT2D eigenvalue weighted by molar-refractivity contribution is -0.378. The maximum absolute atomic E-state index is 13.1. The Bertz CT molecular complexity index is 1610. The summed E-state index contributed by atoms with van der Waals surface area (Å²) < 4.78 is 39.8. The number of ether oxygens (including phenoxy) is 7. The van der Waals surface area contributed by atoms with Crippen LogP contribution in [0.1, 0.15) is 18.1 Å². The molecule has 20 heteroatoms. The number of aliphatic hydroxyl groups excluding tert-OH is 8. The summed E-state index contributed by atoms with van der Waals surface area (Å²) >= 11 is 0. The van der Waals surface area contributed by atoms with Crippen molar-refractivity contribution in [2.45, 2.75) is 105 Å². The van der Waals surface area contributed by atoms with E-state index in [1.807, 2.05) is 0 Å². The summed E-state index contributed by atoms with van der Waals surface area (Å²) in [6, 6.07) is 7.81. The van der Waals surface area contributed by atoms with Gasteiger partial charge in [-0.2, -0.15) is 0 Å². The molecule has 55 heavy (non-hydrogen) atoms. The van der Waals surface area contributed by atoms with Gasteiger partial charge in [0.2, 0.25) is 0 Å². The highest BCUT2D eigenvalue weighted by atomic mass is 16.8. The highest BCUT2D eigenvalue weighted by molar-refractivity contribution is 5.87. The lowest BCUT2D eigenvalue weighted by atomic mass is 9.96. The number of carbonyl (C=O) groups excluding carboxylic acids is 1. The van der Waals surface area contributed by atoms with Gasteiger partial charge in [-0.3, -0.25) is 0 Å². The molecular formula is C35H46O20. The SMILES string of the molecule is C[C@@H]1O[C@@H](O[C@@H]2[C@@H](O)[C@H](OCCc3ccc(O)c(O)c3)O[C@H](CO)[C@H]2OC(=O)C=Cc2ccc(O)c(O)c2)[C@H](O)[C@H](O[C@@H]2O[C@H](CO)[C@@H](O)[C@H](O)[C@H]2O)[C@H]1O. The summed E-state index contributed by atoms with van der Waals surface area (Å²) in [5, 5.41) is 123. The number of hydrogen-bond donors (Lipinski definition) is 12. The third-order valence-corrected chi connectivity index (χ3v) is 9.38. The lowest BCUT2D eigenvalue weighted by Crippen LogP contribution is -2.66. The van der Waals surface area contributed by atoms with Gasteiger partial charge in [0.1, 0.15) is 61.0 Å². The van der Waals surface area contributed by atoms with Crippen LogP contribution in [0.4, 0.5) is 0 Å². The highest BCUT2D eigenvalue weighted by Gasteiger charge is 2.54. The molecule has 0 radical (unpaired) electrons. The van der Waals surface area contributed by atoms with Crippen LogP contribution in [0.25, 0.3) is 6.08 Å². The van der Waals surface area contributed by atoms with Crippen LogP contribution in [0.2, 0.25) is 0 Å². The Labute approximate surface area is 313 Å². The molecule has 0 spiro atoms. The fraction of sp³-hybridized carbons (Fsp3) is 0.571. The van der Waals surface area contributed by atoms with Gasteiger partial charge in [-0.15, -0.1) is 0 Å². The van der Waals surface area contributed by atoms with Gasteiger partial charge in [0, 0.05) is 6.08 Å². The number of aromatic hydroxyl groups is 4.